The Bertz CT molecular complexity index is 798. The molecule has 2 aliphatic rings. The summed E-state index contributed by atoms with van der Waals surface area (Å²) < 4.78 is 19.4. The molecule has 1 saturated heterocycles. The molecule has 2 atom stereocenters. The molecule has 1 N–H and O–H groups in total. The Labute approximate surface area is 152 Å². The second kappa shape index (κ2) is 7.41. The molecule has 1 amide bonds. The van der Waals surface area contributed by atoms with E-state index in [2.05, 4.69) is 15.2 Å². The Kier molecular flexibility index (Phi) is 4.84. The predicted octanol–water partition coefficient (Wildman–Crippen LogP) is 3.11. The monoisotopic (exact) mass is 355 g/mol. The van der Waals surface area contributed by atoms with Crippen LogP contribution in [0.15, 0.2) is 42.6 Å². The van der Waals surface area contributed by atoms with Crippen LogP contribution >= 0.6 is 0 Å². The number of carbonyl (C=O) groups is 1. The van der Waals surface area contributed by atoms with Crippen LogP contribution in [-0.4, -0.2) is 34.9 Å². The molecule has 5 nitrogen and oxygen atoms in total. The first-order valence-electron chi connectivity index (χ1n) is 9.06. The number of nitrogens with one attached hydrogen (secondary N) is 1. The molecule has 1 aromatic carbocycles. The van der Waals surface area contributed by atoms with Crippen molar-refractivity contribution in [1.82, 2.24) is 15.2 Å². The minimum atomic E-state index is -0.447. The van der Waals surface area contributed by atoms with E-state index in [1.165, 1.54) is 25.3 Å². The van der Waals surface area contributed by atoms with Crippen LogP contribution in [0.25, 0.3) is 0 Å². The minimum Gasteiger partial charge on any atom is -0.436 e. The Morgan fingerprint density at radius 1 is 1.27 bits per heavy atom. The molecule has 0 unspecified atom stereocenters. The number of piperidine rings is 1. The van der Waals surface area contributed by atoms with Crippen LogP contribution in [0, 0.1) is 11.7 Å². The molecule has 136 valence electrons. The number of fused-ring (bicyclic) bond motifs is 2. The average Bonchev–Trinajstić information content (AvgIpc) is 3.26. The second-order valence-corrected chi connectivity index (χ2v) is 7.04. The van der Waals surface area contributed by atoms with Gasteiger partial charge in [-0.3, -0.25) is 9.69 Å². The Morgan fingerprint density at radius 2 is 2.15 bits per heavy atom. The highest BCUT2D eigenvalue weighted by Crippen LogP contribution is 2.36. The van der Waals surface area contributed by atoms with Gasteiger partial charge in [-0.25, -0.2) is 9.37 Å². The largest absolute Gasteiger partial charge is 0.436 e. The van der Waals surface area contributed by atoms with Gasteiger partial charge in [-0.2, -0.15) is 0 Å². The normalized spacial score (nSPS) is 21.7. The van der Waals surface area contributed by atoms with Gasteiger partial charge >= 0.3 is 0 Å². The maximum absolute atomic E-state index is 13.8. The lowest BCUT2D eigenvalue weighted by molar-refractivity contribution is -0.122. The molecule has 2 aromatic rings. The molecule has 1 saturated carbocycles. The van der Waals surface area contributed by atoms with E-state index in [-0.39, 0.29) is 11.7 Å². The lowest BCUT2D eigenvalue weighted by atomic mass is 10.1. The van der Waals surface area contributed by atoms with Gasteiger partial charge in [0.2, 0.25) is 11.8 Å². The summed E-state index contributed by atoms with van der Waals surface area (Å²) in [5.41, 5.74) is 0.715. The fourth-order valence-electron chi connectivity index (χ4n) is 3.94. The third kappa shape index (κ3) is 3.70. The molecule has 2 fully saturated rings. The van der Waals surface area contributed by atoms with Crippen LogP contribution < -0.4 is 10.1 Å². The first-order valence-corrected chi connectivity index (χ1v) is 9.06. The molecular weight excluding hydrogens is 333 g/mol. The van der Waals surface area contributed by atoms with Crippen molar-refractivity contribution in [2.45, 2.75) is 31.8 Å². The summed E-state index contributed by atoms with van der Waals surface area (Å²) in [5, 5.41) is 2.93. The molecule has 0 radical (unpaired) electrons. The third-order valence-electron chi connectivity index (χ3n) is 5.24. The standard InChI is InChI=1S/C20H22FN3O2/c21-17-5-1-2-6-18(17)26-20-15(4-3-9-22-20)11-23-19(25)13-24-12-14-7-8-16(24)10-14/h1-6,9,14,16H,7-8,10-13H2,(H,23,25)/t14-,16+/m1/s1. The molecule has 2 bridgehead atoms. The zero-order valence-electron chi connectivity index (χ0n) is 14.5. The van der Waals surface area contributed by atoms with Crippen molar-refractivity contribution < 1.29 is 13.9 Å². The van der Waals surface area contributed by atoms with Crippen molar-refractivity contribution in [3.63, 3.8) is 0 Å². The first kappa shape index (κ1) is 17.0. The smallest absolute Gasteiger partial charge is 0.234 e. The van der Waals surface area contributed by atoms with Crippen LogP contribution in [0.1, 0.15) is 24.8 Å². The van der Waals surface area contributed by atoms with Gasteiger partial charge in [-0.05, 0) is 43.4 Å². The molecule has 26 heavy (non-hydrogen) atoms. The topological polar surface area (TPSA) is 54.5 Å². The van der Waals surface area contributed by atoms with E-state index in [0.29, 0.717) is 30.6 Å². The number of benzene rings is 1. The SMILES string of the molecule is O=C(CN1C[C@@H]2CC[C@H]1C2)NCc1cccnc1Oc1ccccc1F. The number of nitrogens with zero attached hydrogens (tertiary/aromatic N) is 2. The van der Waals surface area contributed by atoms with Crippen molar-refractivity contribution in [3.05, 3.63) is 54.0 Å². The highest BCUT2D eigenvalue weighted by Gasteiger charge is 2.38. The Balaban J connectivity index is 1.36. The van der Waals surface area contributed by atoms with Crippen LogP contribution in [-0.2, 0) is 11.3 Å². The quantitative estimate of drug-likeness (QED) is 0.865. The van der Waals surface area contributed by atoms with Crippen molar-refractivity contribution in [1.29, 1.82) is 0 Å². The summed E-state index contributed by atoms with van der Waals surface area (Å²) in [5.74, 6) is 0.743. The zero-order valence-corrected chi connectivity index (χ0v) is 14.5. The summed E-state index contributed by atoms with van der Waals surface area (Å²) in [4.78, 5) is 18.8. The Morgan fingerprint density at radius 3 is 2.92 bits per heavy atom. The fourth-order valence-corrected chi connectivity index (χ4v) is 3.94. The van der Waals surface area contributed by atoms with Crippen molar-refractivity contribution >= 4 is 5.91 Å². The van der Waals surface area contributed by atoms with E-state index in [1.54, 1.807) is 30.5 Å². The number of amides is 1. The molecule has 1 aliphatic carbocycles. The number of rotatable bonds is 6. The highest BCUT2D eigenvalue weighted by molar-refractivity contribution is 5.78. The number of hydrogen-bond donors (Lipinski definition) is 1. The lowest BCUT2D eigenvalue weighted by Gasteiger charge is -2.25. The maximum atomic E-state index is 13.8. The summed E-state index contributed by atoms with van der Waals surface area (Å²) in [7, 11) is 0. The molecule has 0 spiro atoms. The fraction of sp³-hybridized carbons (Fsp3) is 0.400. The number of halogens is 1. The summed E-state index contributed by atoms with van der Waals surface area (Å²) >= 11 is 0. The summed E-state index contributed by atoms with van der Waals surface area (Å²) in [6.45, 7) is 1.77. The molecule has 4 rings (SSSR count). The number of hydrogen-bond acceptors (Lipinski definition) is 4. The minimum absolute atomic E-state index is 0.00163. The highest BCUT2D eigenvalue weighted by atomic mass is 19.1. The number of carbonyl (C=O) groups excluding carboxylic acids is 1. The van der Waals surface area contributed by atoms with Gasteiger partial charge in [0.25, 0.3) is 0 Å². The zero-order chi connectivity index (χ0) is 17.9. The summed E-state index contributed by atoms with van der Waals surface area (Å²) in [6, 6.07) is 10.4. The van der Waals surface area contributed by atoms with Crippen molar-refractivity contribution in [3.8, 4) is 11.6 Å². The van der Waals surface area contributed by atoms with E-state index in [1.807, 2.05) is 6.07 Å². The lowest BCUT2D eigenvalue weighted by Crippen LogP contribution is -2.41. The van der Waals surface area contributed by atoms with Gasteiger partial charge in [0.05, 0.1) is 6.54 Å². The molecular formula is C20H22FN3O2. The van der Waals surface area contributed by atoms with Crippen LogP contribution in [0.5, 0.6) is 11.6 Å². The second-order valence-electron chi connectivity index (χ2n) is 7.04. The van der Waals surface area contributed by atoms with Gasteiger partial charge in [-0.1, -0.05) is 18.2 Å². The van der Waals surface area contributed by atoms with Crippen LogP contribution in [0.4, 0.5) is 4.39 Å². The number of likely N-dealkylation sites (tertiary alicyclic amines) is 1. The number of para-hydroxylation sites is 1. The van der Waals surface area contributed by atoms with Gasteiger partial charge in [-0.15, -0.1) is 0 Å². The molecule has 1 aromatic heterocycles. The number of aromatic nitrogens is 1. The maximum Gasteiger partial charge on any atom is 0.234 e. The van der Waals surface area contributed by atoms with E-state index in [9.17, 15) is 9.18 Å². The summed E-state index contributed by atoms with van der Waals surface area (Å²) in [6.07, 6.45) is 5.33. The molecule has 2 heterocycles. The van der Waals surface area contributed by atoms with Crippen molar-refractivity contribution in [2.24, 2.45) is 5.92 Å². The van der Waals surface area contributed by atoms with E-state index < -0.39 is 5.82 Å². The van der Waals surface area contributed by atoms with Gasteiger partial charge in [0.1, 0.15) is 0 Å². The number of ether oxygens (including phenoxy) is 1. The van der Waals surface area contributed by atoms with E-state index >= 15 is 0 Å². The molecule has 1 aliphatic heterocycles. The Hall–Kier alpha value is -2.47. The van der Waals surface area contributed by atoms with Crippen LogP contribution in [0.3, 0.4) is 0 Å². The van der Waals surface area contributed by atoms with E-state index in [4.69, 9.17) is 4.74 Å². The van der Waals surface area contributed by atoms with Gasteiger partial charge in [0, 0.05) is 30.9 Å². The molecule has 6 heteroatoms. The van der Waals surface area contributed by atoms with Gasteiger partial charge in [0.15, 0.2) is 11.6 Å². The van der Waals surface area contributed by atoms with Gasteiger partial charge < -0.3 is 10.1 Å². The third-order valence-corrected chi connectivity index (χ3v) is 5.24. The van der Waals surface area contributed by atoms with Crippen molar-refractivity contribution in [2.75, 3.05) is 13.1 Å². The first-order chi connectivity index (χ1) is 12.7. The van der Waals surface area contributed by atoms with Crippen LogP contribution in [0.2, 0.25) is 0 Å². The number of pyridine rings is 1. The average molecular weight is 355 g/mol. The predicted molar refractivity (Wildman–Crippen MR) is 95.3 cm³/mol. The van der Waals surface area contributed by atoms with E-state index in [0.717, 1.165) is 12.5 Å².